The van der Waals surface area contributed by atoms with Crippen molar-refractivity contribution in [3.63, 3.8) is 0 Å². The summed E-state index contributed by atoms with van der Waals surface area (Å²) in [6, 6.07) is 8.69. The van der Waals surface area contributed by atoms with Gasteiger partial charge in [0.1, 0.15) is 0 Å². The van der Waals surface area contributed by atoms with E-state index in [1.807, 2.05) is 24.3 Å². The van der Waals surface area contributed by atoms with Gasteiger partial charge in [-0.15, -0.1) is 0 Å². The number of rotatable bonds is 6. The number of hydrogen-bond donors (Lipinski definition) is 2. The Morgan fingerprint density at radius 1 is 1.16 bits per heavy atom. The Bertz CT molecular complexity index is 390. The molecule has 0 fully saturated rings. The molecule has 19 heavy (non-hydrogen) atoms. The molecule has 1 amide bonds. The lowest BCUT2D eigenvalue weighted by atomic mass is 10.1. The third-order valence-corrected chi connectivity index (χ3v) is 3.33. The second-order valence-electron chi connectivity index (χ2n) is 5.35. The molecule has 0 unspecified atom stereocenters. The van der Waals surface area contributed by atoms with E-state index in [0.29, 0.717) is 17.6 Å². The molecular formula is C15H25N3O. The van der Waals surface area contributed by atoms with Gasteiger partial charge in [-0.3, -0.25) is 15.1 Å². The zero-order valence-electron chi connectivity index (χ0n) is 12.3. The summed E-state index contributed by atoms with van der Waals surface area (Å²) in [5.74, 6) is 4.85. The van der Waals surface area contributed by atoms with Crippen molar-refractivity contribution in [1.82, 2.24) is 10.3 Å². The number of hydrogen-bond acceptors (Lipinski definition) is 3. The van der Waals surface area contributed by atoms with Crippen molar-refractivity contribution in [1.29, 1.82) is 0 Å². The third kappa shape index (κ3) is 4.65. The third-order valence-electron chi connectivity index (χ3n) is 3.33. The van der Waals surface area contributed by atoms with E-state index in [1.165, 1.54) is 5.56 Å². The van der Waals surface area contributed by atoms with E-state index in [0.717, 1.165) is 13.0 Å². The van der Waals surface area contributed by atoms with E-state index in [-0.39, 0.29) is 5.91 Å². The van der Waals surface area contributed by atoms with Gasteiger partial charge in [-0.05, 0) is 51.8 Å². The van der Waals surface area contributed by atoms with Crippen molar-refractivity contribution in [3.8, 4) is 0 Å². The summed E-state index contributed by atoms with van der Waals surface area (Å²) in [6.45, 7) is 9.89. The van der Waals surface area contributed by atoms with Crippen LogP contribution in [0.2, 0.25) is 0 Å². The molecule has 0 aliphatic rings. The van der Waals surface area contributed by atoms with Crippen LogP contribution in [0.3, 0.4) is 0 Å². The fourth-order valence-corrected chi connectivity index (χ4v) is 2.28. The van der Waals surface area contributed by atoms with Crippen LogP contribution in [0.25, 0.3) is 0 Å². The van der Waals surface area contributed by atoms with Gasteiger partial charge >= 0.3 is 0 Å². The van der Waals surface area contributed by atoms with E-state index < -0.39 is 0 Å². The molecule has 0 aromatic heterocycles. The van der Waals surface area contributed by atoms with Crippen LogP contribution < -0.4 is 11.3 Å². The average molecular weight is 263 g/mol. The van der Waals surface area contributed by atoms with E-state index >= 15 is 0 Å². The highest BCUT2D eigenvalue weighted by atomic mass is 16.2. The zero-order valence-corrected chi connectivity index (χ0v) is 12.3. The van der Waals surface area contributed by atoms with E-state index in [1.54, 1.807) is 0 Å². The van der Waals surface area contributed by atoms with Crippen molar-refractivity contribution in [2.24, 2.45) is 5.84 Å². The second kappa shape index (κ2) is 7.26. The Kier molecular flexibility index (Phi) is 5.99. The van der Waals surface area contributed by atoms with Gasteiger partial charge in [0.25, 0.3) is 5.91 Å². The number of carbonyl (C=O) groups is 1. The number of nitrogen functional groups attached to an aromatic ring is 1. The van der Waals surface area contributed by atoms with Crippen LogP contribution in [-0.2, 0) is 6.42 Å². The predicted octanol–water partition coefficient (Wildman–Crippen LogP) is 1.95. The number of nitrogens with two attached hydrogens (primary N) is 1. The van der Waals surface area contributed by atoms with Crippen LogP contribution in [0.15, 0.2) is 24.3 Å². The molecule has 0 saturated heterocycles. The summed E-state index contributed by atoms with van der Waals surface area (Å²) in [5, 5.41) is 0. The van der Waals surface area contributed by atoms with Crippen molar-refractivity contribution >= 4 is 5.91 Å². The highest BCUT2D eigenvalue weighted by Crippen LogP contribution is 2.09. The lowest BCUT2D eigenvalue weighted by Gasteiger charge is -2.30. The molecule has 0 heterocycles. The summed E-state index contributed by atoms with van der Waals surface area (Å²) in [4.78, 5) is 13.8. The first kappa shape index (κ1) is 15.7. The summed E-state index contributed by atoms with van der Waals surface area (Å²) >= 11 is 0. The minimum Gasteiger partial charge on any atom is -0.298 e. The van der Waals surface area contributed by atoms with Crippen LogP contribution in [0.4, 0.5) is 0 Å². The zero-order chi connectivity index (χ0) is 14.4. The monoisotopic (exact) mass is 263 g/mol. The smallest absolute Gasteiger partial charge is 0.265 e. The number of nitrogens with zero attached hydrogens (tertiary/aromatic N) is 1. The molecule has 0 aliphatic carbocycles. The van der Waals surface area contributed by atoms with Gasteiger partial charge in [-0.2, -0.15) is 0 Å². The molecule has 0 aliphatic heterocycles. The van der Waals surface area contributed by atoms with E-state index in [2.05, 4.69) is 38.0 Å². The van der Waals surface area contributed by atoms with Crippen molar-refractivity contribution < 1.29 is 4.79 Å². The molecule has 1 aromatic carbocycles. The normalized spacial score (nSPS) is 11.4. The van der Waals surface area contributed by atoms with Crippen LogP contribution >= 0.6 is 0 Å². The fraction of sp³-hybridized carbons (Fsp3) is 0.533. The summed E-state index contributed by atoms with van der Waals surface area (Å²) in [5.41, 5.74) is 3.96. The molecule has 0 atom stereocenters. The highest BCUT2D eigenvalue weighted by molar-refractivity contribution is 5.93. The first-order chi connectivity index (χ1) is 8.95. The quantitative estimate of drug-likeness (QED) is 0.468. The van der Waals surface area contributed by atoms with Gasteiger partial charge in [0, 0.05) is 24.2 Å². The van der Waals surface area contributed by atoms with Gasteiger partial charge in [-0.1, -0.05) is 12.1 Å². The standard InChI is InChI=1S/C15H25N3O/c1-11(2)18(12(3)4)10-9-13-5-7-14(8-6-13)15(19)17-16/h5-8,11-12H,9-10,16H2,1-4H3,(H,17,19). The van der Waals surface area contributed by atoms with Crippen molar-refractivity contribution in [2.45, 2.75) is 46.2 Å². The Labute approximate surface area is 115 Å². The number of carbonyl (C=O) groups excluding carboxylic acids is 1. The van der Waals surface area contributed by atoms with Gasteiger partial charge in [0.2, 0.25) is 0 Å². The van der Waals surface area contributed by atoms with Gasteiger partial charge in [0.05, 0.1) is 0 Å². The van der Waals surface area contributed by atoms with Crippen molar-refractivity contribution in [3.05, 3.63) is 35.4 Å². The Balaban J connectivity index is 2.60. The van der Waals surface area contributed by atoms with Gasteiger partial charge in [-0.25, -0.2) is 5.84 Å². The molecule has 0 radical (unpaired) electrons. The molecule has 4 heteroatoms. The minimum absolute atomic E-state index is 0.252. The lowest BCUT2D eigenvalue weighted by molar-refractivity contribution is 0.0953. The molecule has 1 aromatic rings. The summed E-state index contributed by atoms with van der Waals surface area (Å²) in [6.07, 6.45) is 0.987. The van der Waals surface area contributed by atoms with E-state index in [9.17, 15) is 4.79 Å². The highest BCUT2D eigenvalue weighted by Gasteiger charge is 2.12. The molecule has 0 saturated carbocycles. The van der Waals surface area contributed by atoms with Crippen LogP contribution in [-0.4, -0.2) is 29.4 Å². The minimum atomic E-state index is -0.252. The van der Waals surface area contributed by atoms with Crippen LogP contribution in [0.1, 0.15) is 43.6 Å². The molecule has 4 nitrogen and oxygen atoms in total. The Morgan fingerprint density at radius 2 is 1.68 bits per heavy atom. The maximum Gasteiger partial charge on any atom is 0.265 e. The maximum atomic E-state index is 11.3. The first-order valence-corrected chi connectivity index (χ1v) is 6.81. The van der Waals surface area contributed by atoms with Crippen LogP contribution in [0, 0.1) is 0 Å². The van der Waals surface area contributed by atoms with Gasteiger partial charge in [0.15, 0.2) is 0 Å². The Hall–Kier alpha value is -1.39. The largest absolute Gasteiger partial charge is 0.298 e. The number of amides is 1. The summed E-state index contributed by atoms with van der Waals surface area (Å²) in [7, 11) is 0. The van der Waals surface area contributed by atoms with Gasteiger partial charge < -0.3 is 0 Å². The first-order valence-electron chi connectivity index (χ1n) is 6.81. The maximum absolute atomic E-state index is 11.3. The molecular weight excluding hydrogens is 238 g/mol. The fourth-order valence-electron chi connectivity index (χ4n) is 2.28. The molecule has 0 spiro atoms. The SMILES string of the molecule is CC(C)N(CCc1ccc(C(=O)NN)cc1)C(C)C. The van der Waals surface area contributed by atoms with Crippen molar-refractivity contribution in [2.75, 3.05) is 6.54 Å². The topological polar surface area (TPSA) is 58.4 Å². The predicted molar refractivity (Wildman–Crippen MR) is 78.8 cm³/mol. The molecule has 106 valence electrons. The summed E-state index contributed by atoms with van der Waals surface area (Å²) < 4.78 is 0. The van der Waals surface area contributed by atoms with E-state index in [4.69, 9.17) is 5.84 Å². The Morgan fingerprint density at radius 3 is 2.11 bits per heavy atom. The number of nitrogens with one attached hydrogen (secondary N) is 1. The molecule has 3 N–H and O–H groups in total. The van der Waals surface area contributed by atoms with Crippen LogP contribution in [0.5, 0.6) is 0 Å². The molecule has 0 bridgehead atoms. The number of benzene rings is 1. The molecule has 1 rings (SSSR count). The average Bonchev–Trinajstić information content (AvgIpc) is 2.38. The number of hydrazine groups is 1. The second-order valence-corrected chi connectivity index (χ2v) is 5.35. The lowest BCUT2D eigenvalue weighted by Crippen LogP contribution is -2.38.